The molecule has 4 nitrogen and oxygen atoms in total. The van der Waals surface area contributed by atoms with Crippen molar-refractivity contribution >= 4 is 6.29 Å². The first-order valence-corrected chi connectivity index (χ1v) is 5.22. The fraction of sp³-hybridized carbons (Fsp3) is 0.417. The van der Waals surface area contributed by atoms with E-state index in [1.165, 1.54) is 20.3 Å². The first kappa shape index (κ1) is 13.3. The summed E-state index contributed by atoms with van der Waals surface area (Å²) in [4.78, 5) is 10.7. The third-order valence-corrected chi connectivity index (χ3v) is 2.17. The Bertz CT molecular complexity index is 404. The third kappa shape index (κ3) is 2.67. The lowest BCUT2D eigenvalue weighted by Gasteiger charge is -2.15. The van der Waals surface area contributed by atoms with Gasteiger partial charge in [-0.2, -0.15) is 0 Å². The fourth-order valence-corrected chi connectivity index (χ4v) is 1.38. The van der Waals surface area contributed by atoms with Crippen molar-refractivity contribution in [3.63, 3.8) is 0 Å². The van der Waals surface area contributed by atoms with Crippen LogP contribution in [0.5, 0.6) is 17.2 Å². The van der Waals surface area contributed by atoms with Crippen LogP contribution in [0.4, 0.5) is 4.39 Å². The van der Waals surface area contributed by atoms with Crippen LogP contribution in [0.1, 0.15) is 23.7 Å². The molecule has 17 heavy (non-hydrogen) atoms. The van der Waals surface area contributed by atoms with Crippen LogP contribution in [0, 0.1) is 5.82 Å². The smallest absolute Gasteiger partial charge is 0.206 e. The number of rotatable bonds is 6. The standard InChI is InChI=1S/C12H15FO4/c1-4-5-17-12-10(13)8(7-14)6-9(15-2)11(12)16-3/h6-7H,4-5H2,1-3H3. The first-order valence-electron chi connectivity index (χ1n) is 5.22. The average molecular weight is 242 g/mol. The summed E-state index contributed by atoms with van der Waals surface area (Å²) in [5, 5.41) is 0. The number of benzene rings is 1. The maximum Gasteiger partial charge on any atom is 0.206 e. The summed E-state index contributed by atoms with van der Waals surface area (Å²) in [6, 6.07) is 1.28. The highest BCUT2D eigenvalue weighted by Crippen LogP contribution is 2.40. The van der Waals surface area contributed by atoms with E-state index >= 15 is 0 Å². The van der Waals surface area contributed by atoms with Crippen LogP contribution in [-0.2, 0) is 0 Å². The number of carbonyl (C=O) groups is 1. The summed E-state index contributed by atoms with van der Waals surface area (Å²) < 4.78 is 29.2. The number of carbonyl (C=O) groups excluding carboxylic acids is 1. The number of hydrogen-bond donors (Lipinski definition) is 0. The molecule has 0 aliphatic heterocycles. The van der Waals surface area contributed by atoms with Crippen molar-refractivity contribution in [1.82, 2.24) is 0 Å². The number of halogens is 1. The third-order valence-electron chi connectivity index (χ3n) is 2.17. The largest absolute Gasteiger partial charge is 0.493 e. The van der Waals surface area contributed by atoms with E-state index in [-0.39, 0.29) is 22.8 Å². The van der Waals surface area contributed by atoms with Crippen molar-refractivity contribution in [2.24, 2.45) is 0 Å². The Hall–Kier alpha value is -1.78. The van der Waals surface area contributed by atoms with Crippen molar-refractivity contribution in [3.8, 4) is 17.2 Å². The van der Waals surface area contributed by atoms with Crippen LogP contribution < -0.4 is 14.2 Å². The van der Waals surface area contributed by atoms with E-state index in [2.05, 4.69) is 0 Å². The normalized spacial score (nSPS) is 9.88. The van der Waals surface area contributed by atoms with Crippen LogP contribution >= 0.6 is 0 Å². The second-order valence-electron chi connectivity index (χ2n) is 3.31. The average Bonchev–Trinajstić information content (AvgIpc) is 2.36. The maximum atomic E-state index is 13.9. The molecule has 94 valence electrons. The van der Waals surface area contributed by atoms with E-state index in [4.69, 9.17) is 14.2 Å². The second-order valence-corrected chi connectivity index (χ2v) is 3.31. The molecule has 0 aromatic heterocycles. The number of methoxy groups -OCH3 is 2. The highest BCUT2D eigenvalue weighted by molar-refractivity contribution is 5.79. The van der Waals surface area contributed by atoms with Crippen LogP contribution in [0.15, 0.2) is 6.07 Å². The SMILES string of the molecule is CCCOc1c(F)c(C=O)cc(OC)c1OC. The molecule has 0 saturated heterocycles. The topological polar surface area (TPSA) is 44.8 Å². The van der Waals surface area contributed by atoms with Crippen LogP contribution in [0.3, 0.4) is 0 Å². The predicted molar refractivity (Wildman–Crippen MR) is 60.7 cm³/mol. The van der Waals surface area contributed by atoms with Crippen LogP contribution in [0.25, 0.3) is 0 Å². The summed E-state index contributed by atoms with van der Waals surface area (Å²) in [5.41, 5.74) is -0.117. The first-order chi connectivity index (χ1) is 8.19. The zero-order valence-electron chi connectivity index (χ0n) is 10.1. The fourth-order valence-electron chi connectivity index (χ4n) is 1.38. The summed E-state index contributed by atoms with van der Waals surface area (Å²) in [6.07, 6.45) is 1.13. The molecule has 0 radical (unpaired) electrons. The maximum absolute atomic E-state index is 13.9. The predicted octanol–water partition coefficient (Wildman–Crippen LogP) is 2.44. The van der Waals surface area contributed by atoms with E-state index < -0.39 is 5.82 Å². The molecular weight excluding hydrogens is 227 g/mol. The molecule has 1 aromatic rings. The van der Waals surface area contributed by atoms with Gasteiger partial charge in [0.2, 0.25) is 11.5 Å². The zero-order chi connectivity index (χ0) is 12.8. The molecule has 1 rings (SSSR count). The Morgan fingerprint density at radius 3 is 2.47 bits per heavy atom. The van der Waals surface area contributed by atoms with Crippen molar-refractivity contribution in [2.75, 3.05) is 20.8 Å². The van der Waals surface area contributed by atoms with Gasteiger partial charge >= 0.3 is 0 Å². The van der Waals surface area contributed by atoms with Gasteiger partial charge in [-0.3, -0.25) is 4.79 Å². The summed E-state index contributed by atoms with van der Waals surface area (Å²) in [7, 11) is 2.80. The van der Waals surface area contributed by atoms with Crippen molar-refractivity contribution in [2.45, 2.75) is 13.3 Å². The minimum Gasteiger partial charge on any atom is -0.493 e. The number of aldehydes is 1. The molecule has 0 heterocycles. The van der Waals surface area contributed by atoms with Gasteiger partial charge in [-0.1, -0.05) is 6.92 Å². The molecule has 0 aliphatic rings. The highest BCUT2D eigenvalue weighted by Gasteiger charge is 2.20. The van der Waals surface area contributed by atoms with Gasteiger partial charge in [-0.05, 0) is 12.5 Å². The van der Waals surface area contributed by atoms with Gasteiger partial charge in [-0.15, -0.1) is 0 Å². The quantitative estimate of drug-likeness (QED) is 0.719. The van der Waals surface area contributed by atoms with Gasteiger partial charge in [-0.25, -0.2) is 4.39 Å². The minimum atomic E-state index is -0.730. The van der Waals surface area contributed by atoms with E-state index in [0.29, 0.717) is 12.9 Å². The van der Waals surface area contributed by atoms with Crippen molar-refractivity contribution in [3.05, 3.63) is 17.4 Å². The Morgan fingerprint density at radius 1 is 1.29 bits per heavy atom. The number of ether oxygens (including phenoxy) is 3. The molecule has 0 N–H and O–H groups in total. The minimum absolute atomic E-state index is 0.0872. The van der Waals surface area contributed by atoms with Gasteiger partial charge in [0, 0.05) is 0 Å². The zero-order valence-corrected chi connectivity index (χ0v) is 10.1. The van der Waals surface area contributed by atoms with E-state index in [0.717, 1.165) is 6.42 Å². The lowest BCUT2D eigenvalue weighted by Crippen LogP contribution is -2.04. The van der Waals surface area contributed by atoms with E-state index in [1.54, 1.807) is 0 Å². The molecule has 0 amide bonds. The van der Waals surface area contributed by atoms with Crippen LogP contribution in [-0.4, -0.2) is 27.1 Å². The van der Waals surface area contributed by atoms with E-state index in [9.17, 15) is 9.18 Å². The molecule has 0 fully saturated rings. The Kier molecular flexibility index (Phi) is 4.75. The monoisotopic (exact) mass is 242 g/mol. The number of hydrogen-bond acceptors (Lipinski definition) is 4. The van der Waals surface area contributed by atoms with Gasteiger partial charge in [0.1, 0.15) is 0 Å². The molecule has 0 aliphatic carbocycles. The molecular formula is C12H15FO4. The molecule has 0 saturated carbocycles. The molecule has 1 aromatic carbocycles. The van der Waals surface area contributed by atoms with Gasteiger partial charge < -0.3 is 14.2 Å². The van der Waals surface area contributed by atoms with Gasteiger partial charge in [0.15, 0.2) is 17.9 Å². The second kappa shape index (κ2) is 6.08. The lowest BCUT2D eigenvalue weighted by atomic mass is 10.2. The molecule has 5 heteroatoms. The summed E-state index contributed by atoms with van der Waals surface area (Å²) in [5.74, 6) is -0.395. The van der Waals surface area contributed by atoms with Gasteiger partial charge in [0.05, 0.1) is 26.4 Å². The molecule has 0 atom stereocenters. The molecule has 0 bridgehead atoms. The van der Waals surface area contributed by atoms with Crippen molar-refractivity contribution < 1.29 is 23.4 Å². The Balaban J connectivity index is 3.33. The molecule has 0 spiro atoms. The van der Waals surface area contributed by atoms with Crippen molar-refractivity contribution in [1.29, 1.82) is 0 Å². The Morgan fingerprint density at radius 2 is 2.00 bits per heavy atom. The highest BCUT2D eigenvalue weighted by atomic mass is 19.1. The summed E-state index contributed by atoms with van der Waals surface area (Å²) in [6.45, 7) is 2.23. The lowest BCUT2D eigenvalue weighted by molar-refractivity contribution is 0.111. The van der Waals surface area contributed by atoms with Gasteiger partial charge in [0.25, 0.3) is 0 Å². The Labute approximate surface area is 99.3 Å². The van der Waals surface area contributed by atoms with E-state index in [1.807, 2.05) is 6.92 Å². The molecule has 0 unspecified atom stereocenters. The van der Waals surface area contributed by atoms with Crippen LogP contribution in [0.2, 0.25) is 0 Å². The summed E-state index contributed by atoms with van der Waals surface area (Å²) >= 11 is 0.